The number of unbranched alkanes of at least 4 members (excludes halogenated alkanes) is 1. The van der Waals surface area contributed by atoms with E-state index in [1.165, 1.54) is 4.90 Å². The summed E-state index contributed by atoms with van der Waals surface area (Å²) in [6, 6.07) is 3.23. The van der Waals surface area contributed by atoms with Gasteiger partial charge >= 0.3 is 6.09 Å². The van der Waals surface area contributed by atoms with E-state index < -0.39 is 23.6 Å². The second kappa shape index (κ2) is 11.3. The molecule has 0 aliphatic rings. The number of nitrogens with two attached hydrogens (primary N) is 1. The molecule has 0 aliphatic carbocycles. The molecule has 0 fully saturated rings. The Bertz CT molecular complexity index is 703. The highest BCUT2D eigenvalue weighted by atomic mass is 35.5. The van der Waals surface area contributed by atoms with Gasteiger partial charge in [-0.3, -0.25) is 9.69 Å². The quantitative estimate of drug-likeness (QED) is 0.464. The first-order chi connectivity index (χ1) is 13.5. The van der Waals surface area contributed by atoms with E-state index in [0.717, 1.165) is 17.5 Å². The summed E-state index contributed by atoms with van der Waals surface area (Å²) in [7, 11) is 0. The molecule has 0 aliphatic heterocycles. The van der Waals surface area contributed by atoms with Crippen LogP contribution in [0.5, 0.6) is 5.75 Å². The van der Waals surface area contributed by atoms with Crippen molar-refractivity contribution in [1.82, 2.24) is 4.90 Å². The molecule has 8 heteroatoms. The zero-order valence-electron chi connectivity index (χ0n) is 17.7. The largest absolute Gasteiger partial charge is 0.490 e. The predicted molar refractivity (Wildman–Crippen MR) is 114 cm³/mol. The van der Waals surface area contributed by atoms with Crippen molar-refractivity contribution in [2.75, 3.05) is 13.2 Å². The molecule has 1 rings (SSSR count). The van der Waals surface area contributed by atoms with Gasteiger partial charge in [0.05, 0.1) is 11.1 Å². The standard InChI is InChI=1S/C21H33ClN2O5/c1-14-11-15(7-5-6-10-25)19(22)17(12-14)29-13-16(8-9-18(23)26)24(20(27)28)21(2,3)4/h11-12,16,25H,5-10,13H2,1-4H3,(H2,23,26)(H,27,28)/t16-/m0/s1. The zero-order chi connectivity index (χ0) is 22.2. The summed E-state index contributed by atoms with van der Waals surface area (Å²) in [5, 5.41) is 19.2. The third-order valence-electron chi connectivity index (χ3n) is 4.56. The van der Waals surface area contributed by atoms with Crippen molar-refractivity contribution >= 4 is 23.6 Å². The number of carbonyl (C=O) groups excluding carboxylic acids is 1. The van der Waals surface area contributed by atoms with Gasteiger partial charge in [-0.05, 0) is 70.6 Å². The van der Waals surface area contributed by atoms with Crippen molar-refractivity contribution in [2.24, 2.45) is 5.73 Å². The number of nitrogens with zero attached hydrogens (tertiary/aromatic N) is 1. The van der Waals surface area contributed by atoms with Crippen LogP contribution in [0.3, 0.4) is 0 Å². The molecule has 0 saturated carbocycles. The summed E-state index contributed by atoms with van der Waals surface area (Å²) in [5.74, 6) is -0.0111. The normalized spacial score (nSPS) is 12.5. The lowest BCUT2D eigenvalue weighted by atomic mass is 10.0. The number of hydrogen-bond acceptors (Lipinski definition) is 4. The van der Waals surface area contributed by atoms with E-state index in [1.807, 2.05) is 19.1 Å². The smallest absolute Gasteiger partial charge is 0.408 e. The van der Waals surface area contributed by atoms with Crippen molar-refractivity contribution in [3.63, 3.8) is 0 Å². The van der Waals surface area contributed by atoms with Crippen molar-refractivity contribution in [3.05, 3.63) is 28.3 Å². The van der Waals surface area contributed by atoms with Crippen LogP contribution in [0, 0.1) is 6.92 Å². The van der Waals surface area contributed by atoms with Gasteiger partial charge in [0.2, 0.25) is 5.91 Å². The Morgan fingerprint density at radius 1 is 1.28 bits per heavy atom. The lowest BCUT2D eigenvalue weighted by Crippen LogP contribution is -2.53. The molecule has 164 valence electrons. The monoisotopic (exact) mass is 428 g/mol. The molecule has 0 aromatic heterocycles. The summed E-state index contributed by atoms with van der Waals surface area (Å²) in [6.45, 7) is 7.48. The van der Waals surface area contributed by atoms with Gasteiger partial charge in [-0.2, -0.15) is 0 Å². The number of amides is 2. The van der Waals surface area contributed by atoms with Crippen LogP contribution in [-0.2, 0) is 11.2 Å². The molecular formula is C21H33ClN2O5. The van der Waals surface area contributed by atoms with Crippen molar-refractivity contribution in [3.8, 4) is 5.75 Å². The molecule has 0 radical (unpaired) electrons. The molecule has 0 heterocycles. The van der Waals surface area contributed by atoms with Crippen LogP contribution in [0.25, 0.3) is 0 Å². The fraction of sp³-hybridized carbons (Fsp3) is 0.619. The highest BCUT2D eigenvalue weighted by Gasteiger charge is 2.34. The maximum atomic E-state index is 11.9. The van der Waals surface area contributed by atoms with E-state index in [0.29, 0.717) is 23.6 Å². The summed E-state index contributed by atoms with van der Waals surface area (Å²) in [4.78, 5) is 24.4. The lowest BCUT2D eigenvalue weighted by molar-refractivity contribution is -0.118. The van der Waals surface area contributed by atoms with Gasteiger partial charge < -0.3 is 20.7 Å². The summed E-state index contributed by atoms with van der Waals surface area (Å²) >= 11 is 6.51. The number of primary amides is 1. The minimum Gasteiger partial charge on any atom is -0.490 e. The van der Waals surface area contributed by atoms with E-state index in [1.54, 1.807) is 20.8 Å². The molecular weight excluding hydrogens is 396 g/mol. The lowest BCUT2D eigenvalue weighted by Gasteiger charge is -2.39. The van der Waals surface area contributed by atoms with Crippen LogP contribution in [0.2, 0.25) is 5.02 Å². The minimum absolute atomic E-state index is 0.0517. The van der Waals surface area contributed by atoms with Gasteiger partial charge in [0, 0.05) is 18.6 Å². The van der Waals surface area contributed by atoms with Gasteiger partial charge in [0.1, 0.15) is 12.4 Å². The molecule has 1 aromatic rings. The Hall–Kier alpha value is -1.99. The molecule has 2 amide bonds. The van der Waals surface area contributed by atoms with Crippen LogP contribution in [0.4, 0.5) is 4.79 Å². The fourth-order valence-corrected chi connectivity index (χ4v) is 3.55. The summed E-state index contributed by atoms with van der Waals surface area (Å²) in [5.41, 5.74) is 6.49. The first-order valence-corrected chi connectivity index (χ1v) is 10.2. The number of aliphatic hydroxyl groups excluding tert-OH is 1. The zero-order valence-corrected chi connectivity index (χ0v) is 18.5. The summed E-state index contributed by atoms with van der Waals surface area (Å²) < 4.78 is 5.95. The molecule has 1 aromatic carbocycles. The number of halogens is 1. The highest BCUT2D eigenvalue weighted by molar-refractivity contribution is 6.32. The van der Waals surface area contributed by atoms with Crippen LogP contribution >= 0.6 is 11.6 Å². The van der Waals surface area contributed by atoms with Gasteiger partial charge in [0.15, 0.2) is 0 Å². The number of rotatable bonds is 11. The van der Waals surface area contributed by atoms with Crippen molar-refractivity contribution in [2.45, 2.75) is 71.4 Å². The average molecular weight is 429 g/mol. The van der Waals surface area contributed by atoms with E-state index in [2.05, 4.69) is 0 Å². The van der Waals surface area contributed by atoms with E-state index >= 15 is 0 Å². The third-order valence-corrected chi connectivity index (χ3v) is 4.99. The van der Waals surface area contributed by atoms with Crippen molar-refractivity contribution < 1.29 is 24.5 Å². The molecule has 7 nitrogen and oxygen atoms in total. The highest BCUT2D eigenvalue weighted by Crippen LogP contribution is 2.32. The Morgan fingerprint density at radius 3 is 2.45 bits per heavy atom. The molecule has 0 bridgehead atoms. The van der Waals surface area contributed by atoms with Gasteiger partial charge in [-0.1, -0.05) is 17.7 Å². The minimum atomic E-state index is -1.09. The maximum absolute atomic E-state index is 11.9. The van der Waals surface area contributed by atoms with Gasteiger partial charge in [-0.25, -0.2) is 4.79 Å². The SMILES string of the molecule is Cc1cc(CCCCO)c(Cl)c(OC[C@H](CCC(N)=O)N(C(=O)O)C(C)(C)C)c1. The second-order valence-corrected chi connectivity index (χ2v) is 8.59. The maximum Gasteiger partial charge on any atom is 0.408 e. The van der Waals surface area contributed by atoms with Gasteiger partial charge in [-0.15, -0.1) is 0 Å². The number of hydrogen-bond donors (Lipinski definition) is 3. The summed E-state index contributed by atoms with van der Waals surface area (Å²) in [6.07, 6.45) is 1.43. The molecule has 0 spiro atoms. The second-order valence-electron chi connectivity index (χ2n) is 8.21. The molecule has 4 N–H and O–H groups in total. The number of benzene rings is 1. The van der Waals surface area contributed by atoms with Crippen LogP contribution in [0.15, 0.2) is 12.1 Å². The molecule has 1 atom stereocenters. The van der Waals surface area contributed by atoms with Crippen LogP contribution < -0.4 is 10.5 Å². The van der Waals surface area contributed by atoms with E-state index in [4.69, 9.17) is 27.2 Å². The van der Waals surface area contributed by atoms with Crippen LogP contribution in [-0.4, -0.2) is 51.9 Å². The van der Waals surface area contributed by atoms with E-state index in [-0.39, 0.29) is 26.1 Å². The first-order valence-electron chi connectivity index (χ1n) is 9.80. The third kappa shape index (κ3) is 8.11. The number of ether oxygens (including phenoxy) is 1. The Balaban J connectivity index is 3.06. The fourth-order valence-electron chi connectivity index (χ4n) is 3.30. The Labute approximate surface area is 177 Å². The Kier molecular flexibility index (Phi) is 9.73. The predicted octanol–water partition coefficient (Wildman–Crippen LogP) is 3.75. The number of aryl methyl sites for hydroxylation is 2. The van der Waals surface area contributed by atoms with Gasteiger partial charge in [0.25, 0.3) is 0 Å². The topological polar surface area (TPSA) is 113 Å². The molecule has 0 unspecified atom stereocenters. The number of carbonyl (C=O) groups is 2. The average Bonchev–Trinajstić information content (AvgIpc) is 2.58. The number of carboxylic acid groups (broad SMARTS) is 1. The molecule has 0 saturated heterocycles. The van der Waals surface area contributed by atoms with E-state index in [9.17, 15) is 14.7 Å². The van der Waals surface area contributed by atoms with Crippen LogP contribution in [0.1, 0.15) is 57.6 Å². The Morgan fingerprint density at radius 2 is 1.93 bits per heavy atom. The molecule has 29 heavy (non-hydrogen) atoms. The first kappa shape index (κ1) is 25.0. The van der Waals surface area contributed by atoms with Crippen molar-refractivity contribution in [1.29, 1.82) is 0 Å². The number of aliphatic hydroxyl groups is 1.